The third kappa shape index (κ3) is 2.09. The fourth-order valence-electron chi connectivity index (χ4n) is 1.48. The lowest BCUT2D eigenvalue weighted by Crippen LogP contribution is -2.25. The summed E-state index contributed by atoms with van der Waals surface area (Å²) >= 11 is 0. The Bertz CT molecular complexity index is 254. The van der Waals surface area contributed by atoms with Crippen molar-refractivity contribution in [1.82, 2.24) is 0 Å². The predicted molar refractivity (Wildman–Crippen MR) is 54.2 cm³/mol. The average Bonchev–Trinajstić information content (AvgIpc) is 2.54. The van der Waals surface area contributed by atoms with Crippen LogP contribution in [0.25, 0.3) is 0 Å². The van der Waals surface area contributed by atoms with Gasteiger partial charge in [-0.1, -0.05) is 6.08 Å². The molecule has 0 saturated heterocycles. The van der Waals surface area contributed by atoms with Crippen LogP contribution in [-0.2, 0) is 13.6 Å². The molecule has 1 aliphatic rings. The third-order valence-electron chi connectivity index (χ3n) is 2.14. The van der Waals surface area contributed by atoms with Crippen molar-refractivity contribution in [2.75, 3.05) is 13.2 Å². The van der Waals surface area contributed by atoms with E-state index in [-0.39, 0.29) is 13.2 Å². The minimum atomic E-state index is -3.41. The van der Waals surface area contributed by atoms with E-state index in [9.17, 15) is 9.67 Å². The molecule has 0 amide bonds. The van der Waals surface area contributed by atoms with Gasteiger partial charge in [0.2, 0.25) is 0 Å². The summed E-state index contributed by atoms with van der Waals surface area (Å²) in [4.78, 5) is 0. The van der Waals surface area contributed by atoms with Crippen LogP contribution in [0.2, 0.25) is 0 Å². The summed E-state index contributed by atoms with van der Waals surface area (Å²) in [5.74, 6) is 0. The van der Waals surface area contributed by atoms with Gasteiger partial charge in [-0.15, -0.1) is 0 Å². The summed E-state index contributed by atoms with van der Waals surface area (Å²) < 4.78 is 22.4. The molecule has 0 aromatic carbocycles. The summed E-state index contributed by atoms with van der Waals surface area (Å²) in [6.45, 7) is 4.00. The lowest BCUT2D eigenvalue weighted by molar-refractivity contribution is 0.102. The standard InChI is InChI=1S/C9H17O4P/c1-3-12-14(11,13-4-2)9(10)7-5-6-8-9/h5,7,10H,3-4,6,8H2,1-2H3. The molecule has 0 saturated carbocycles. The second-order valence-corrected chi connectivity index (χ2v) is 5.44. The lowest BCUT2D eigenvalue weighted by atomic mass is 10.3. The first kappa shape index (κ1) is 11.9. The summed E-state index contributed by atoms with van der Waals surface area (Å²) in [5.41, 5.74) is 0. The Labute approximate surface area is 84.4 Å². The maximum atomic E-state index is 12.2. The van der Waals surface area contributed by atoms with E-state index in [2.05, 4.69) is 0 Å². The molecule has 0 fully saturated rings. The van der Waals surface area contributed by atoms with Crippen LogP contribution >= 0.6 is 7.60 Å². The Hall–Kier alpha value is -0.150. The van der Waals surface area contributed by atoms with Gasteiger partial charge in [-0.05, 0) is 32.8 Å². The Morgan fingerprint density at radius 3 is 2.36 bits per heavy atom. The Morgan fingerprint density at radius 2 is 2.00 bits per heavy atom. The molecule has 0 spiro atoms. The van der Waals surface area contributed by atoms with Crippen LogP contribution in [0.15, 0.2) is 12.2 Å². The zero-order chi connectivity index (χ0) is 10.7. The fraction of sp³-hybridized carbons (Fsp3) is 0.778. The topological polar surface area (TPSA) is 55.8 Å². The van der Waals surface area contributed by atoms with Gasteiger partial charge in [-0.25, -0.2) is 0 Å². The van der Waals surface area contributed by atoms with Gasteiger partial charge in [0.15, 0.2) is 5.34 Å². The largest absolute Gasteiger partial charge is 0.374 e. The minimum absolute atomic E-state index is 0.271. The highest BCUT2D eigenvalue weighted by molar-refractivity contribution is 7.55. The molecule has 0 bridgehead atoms. The minimum Gasteiger partial charge on any atom is -0.374 e. The quantitative estimate of drug-likeness (QED) is 0.570. The second kappa shape index (κ2) is 4.58. The highest BCUT2D eigenvalue weighted by atomic mass is 31.2. The molecular formula is C9H17O4P. The maximum absolute atomic E-state index is 12.2. The monoisotopic (exact) mass is 220 g/mol. The highest BCUT2D eigenvalue weighted by Gasteiger charge is 2.48. The van der Waals surface area contributed by atoms with Gasteiger partial charge in [-0.2, -0.15) is 0 Å². The predicted octanol–water partition coefficient (Wildman–Crippen LogP) is 2.29. The van der Waals surface area contributed by atoms with Gasteiger partial charge in [0, 0.05) is 0 Å². The van der Waals surface area contributed by atoms with Gasteiger partial charge in [0.05, 0.1) is 13.2 Å². The first-order chi connectivity index (χ1) is 6.58. The van der Waals surface area contributed by atoms with Crippen molar-refractivity contribution >= 4 is 7.60 Å². The molecule has 0 aromatic heterocycles. The normalized spacial score (nSPS) is 27.1. The molecule has 0 aliphatic heterocycles. The van der Waals surface area contributed by atoms with Crippen LogP contribution in [0.3, 0.4) is 0 Å². The Morgan fingerprint density at radius 1 is 1.43 bits per heavy atom. The third-order valence-corrected chi connectivity index (χ3v) is 4.65. The molecule has 0 aromatic rings. The summed E-state index contributed by atoms with van der Waals surface area (Å²) in [7, 11) is -3.41. The van der Waals surface area contributed by atoms with E-state index in [0.29, 0.717) is 12.8 Å². The second-order valence-electron chi connectivity index (χ2n) is 3.15. The lowest BCUT2D eigenvalue weighted by Gasteiger charge is -2.29. The fourth-order valence-corrected chi connectivity index (χ4v) is 3.37. The van der Waals surface area contributed by atoms with Crippen LogP contribution in [0.4, 0.5) is 0 Å². The molecule has 1 rings (SSSR count). The van der Waals surface area contributed by atoms with Gasteiger partial charge in [0.25, 0.3) is 0 Å². The molecular weight excluding hydrogens is 203 g/mol. The van der Waals surface area contributed by atoms with Crippen molar-refractivity contribution in [3.8, 4) is 0 Å². The smallest absolute Gasteiger partial charge is 0.365 e. The Balaban J connectivity index is 2.86. The van der Waals surface area contributed by atoms with Crippen molar-refractivity contribution in [3.05, 3.63) is 12.2 Å². The number of hydrogen-bond acceptors (Lipinski definition) is 4. The van der Waals surface area contributed by atoms with Gasteiger partial charge < -0.3 is 14.2 Å². The summed E-state index contributed by atoms with van der Waals surface area (Å²) in [6.07, 6.45) is 4.44. The Kier molecular flexibility index (Phi) is 3.90. The molecule has 5 heteroatoms. The average molecular weight is 220 g/mol. The van der Waals surface area contributed by atoms with Crippen LogP contribution in [0, 0.1) is 0 Å². The summed E-state index contributed by atoms with van der Waals surface area (Å²) in [5, 5.41) is 8.65. The maximum Gasteiger partial charge on any atom is 0.365 e. The molecule has 82 valence electrons. The number of hydrogen-bond donors (Lipinski definition) is 1. The van der Waals surface area contributed by atoms with Crippen molar-refractivity contribution in [2.45, 2.75) is 32.0 Å². The van der Waals surface area contributed by atoms with Gasteiger partial charge >= 0.3 is 7.60 Å². The van der Waals surface area contributed by atoms with E-state index >= 15 is 0 Å². The van der Waals surface area contributed by atoms with E-state index in [1.165, 1.54) is 6.08 Å². The van der Waals surface area contributed by atoms with E-state index in [4.69, 9.17) is 9.05 Å². The first-order valence-electron chi connectivity index (χ1n) is 4.87. The van der Waals surface area contributed by atoms with Crippen LogP contribution in [0.5, 0.6) is 0 Å². The number of allylic oxidation sites excluding steroid dienone is 1. The molecule has 14 heavy (non-hydrogen) atoms. The zero-order valence-electron chi connectivity index (χ0n) is 8.60. The van der Waals surface area contributed by atoms with E-state index in [1.54, 1.807) is 19.9 Å². The molecule has 0 heterocycles. The number of rotatable bonds is 5. The van der Waals surface area contributed by atoms with Crippen molar-refractivity contribution < 1.29 is 18.7 Å². The molecule has 1 N–H and O–H groups in total. The van der Waals surface area contributed by atoms with Gasteiger partial charge in [0.1, 0.15) is 0 Å². The number of aliphatic hydroxyl groups is 1. The van der Waals surface area contributed by atoms with Crippen LogP contribution in [0.1, 0.15) is 26.7 Å². The van der Waals surface area contributed by atoms with Crippen LogP contribution in [-0.4, -0.2) is 23.7 Å². The van der Waals surface area contributed by atoms with Crippen molar-refractivity contribution in [1.29, 1.82) is 0 Å². The molecule has 1 unspecified atom stereocenters. The highest BCUT2D eigenvalue weighted by Crippen LogP contribution is 2.62. The van der Waals surface area contributed by atoms with E-state index in [0.717, 1.165) is 0 Å². The van der Waals surface area contributed by atoms with E-state index in [1.807, 2.05) is 0 Å². The summed E-state index contributed by atoms with van der Waals surface area (Å²) in [6, 6.07) is 0. The zero-order valence-corrected chi connectivity index (χ0v) is 9.50. The van der Waals surface area contributed by atoms with Crippen LogP contribution < -0.4 is 0 Å². The van der Waals surface area contributed by atoms with E-state index < -0.39 is 12.9 Å². The van der Waals surface area contributed by atoms with Crippen molar-refractivity contribution in [3.63, 3.8) is 0 Å². The van der Waals surface area contributed by atoms with Gasteiger partial charge in [-0.3, -0.25) is 4.57 Å². The SMILES string of the molecule is CCOP(=O)(OCC)C1(O)C=CCC1. The molecule has 1 aliphatic carbocycles. The first-order valence-corrected chi connectivity index (χ1v) is 6.41. The molecule has 1 atom stereocenters. The molecule has 0 radical (unpaired) electrons. The molecule has 4 nitrogen and oxygen atoms in total. The van der Waals surface area contributed by atoms with Crippen molar-refractivity contribution in [2.24, 2.45) is 0 Å².